The van der Waals surface area contributed by atoms with E-state index in [-0.39, 0.29) is 24.0 Å². The van der Waals surface area contributed by atoms with Crippen LogP contribution in [0.5, 0.6) is 0 Å². The minimum absolute atomic E-state index is 0. The second-order valence-electron chi connectivity index (χ2n) is 5.86. The van der Waals surface area contributed by atoms with Crippen LogP contribution in [0.15, 0.2) is 10.5 Å². The topological polar surface area (TPSA) is 49.3 Å². The monoisotopic (exact) mass is 436 g/mol. The molecule has 22 heavy (non-hydrogen) atoms. The molecule has 0 radical (unpaired) electrons. The van der Waals surface area contributed by atoms with Crippen LogP contribution >= 0.6 is 35.3 Å². The third-order valence-corrected chi connectivity index (χ3v) is 5.23. The maximum absolute atomic E-state index is 4.27. The molecule has 6 heteroatoms. The number of aromatic nitrogens is 1. The predicted octanol–water partition coefficient (Wildman–Crippen LogP) is 4.10. The molecule has 126 valence electrons. The first-order valence-electron chi connectivity index (χ1n) is 8.13. The average Bonchev–Trinajstić information content (AvgIpc) is 3.14. The van der Waals surface area contributed by atoms with Crippen LogP contribution in [-0.4, -0.2) is 24.5 Å². The van der Waals surface area contributed by atoms with E-state index in [1.54, 1.807) is 11.3 Å². The fourth-order valence-electron chi connectivity index (χ4n) is 2.94. The van der Waals surface area contributed by atoms with Crippen molar-refractivity contribution in [2.24, 2.45) is 10.9 Å². The molecule has 0 bridgehead atoms. The molecule has 1 aromatic rings. The molecule has 1 aliphatic carbocycles. The number of hydrogen-bond acceptors (Lipinski definition) is 3. The second-order valence-corrected chi connectivity index (χ2v) is 6.80. The van der Waals surface area contributed by atoms with E-state index in [0.717, 1.165) is 30.7 Å². The molecule has 1 fully saturated rings. The van der Waals surface area contributed by atoms with Gasteiger partial charge in [0.1, 0.15) is 0 Å². The Kier molecular flexibility index (Phi) is 10.0. The number of aliphatic imine (C=N–C) groups is 1. The van der Waals surface area contributed by atoms with Gasteiger partial charge in [-0.1, -0.05) is 38.5 Å². The number of guanidine groups is 1. The van der Waals surface area contributed by atoms with Crippen molar-refractivity contribution >= 4 is 41.3 Å². The van der Waals surface area contributed by atoms with Crippen molar-refractivity contribution in [1.82, 2.24) is 15.6 Å². The van der Waals surface area contributed by atoms with Gasteiger partial charge in [-0.15, -0.1) is 35.3 Å². The highest BCUT2D eigenvalue weighted by Crippen LogP contribution is 2.28. The second kappa shape index (κ2) is 11.2. The van der Waals surface area contributed by atoms with Gasteiger partial charge in [-0.05, 0) is 19.3 Å². The number of hydrogen-bond donors (Lipinski definition) is 2. The minimum Gasteiger partial charge on any atom is -0.356 e. The SMILES string of the molecule is CN=C(NCCCCC1CCCC1)NCc1scnc1C.I. The maximum atomic E-state index is 4.27. The molecular formula is C16H29IN4S. The molecule has 0 unspecified atom stereocenters. The lowest BCUT2D eigenvalue weighted by atomic mass is 10.0. The van der Waals surface area contributed by atoms with Crippen LogP contribution in [0.25, 0.3) is 0 Å². The van der Waals surface area contributed by atoms with Crippen molar-refractivity contribution in [3.05, 3.63) is 16.1 Å². The smallest absolute Gasteiger partial charge is 0.191 e. The van der Waals surface area contributed by atoms with Crippen LogP contribution in [0.1, 0.15) is 55.5 Å². The highest BCUT2D eigenvalue weighted by atomic mass is 127. The van der Waals surface area contributed by atoms with E-state index >= 15 is 0 Å². The van der Waals surface area contributed by atoms with Crippen LogP contribution in [0.3, 0.4) is 0 Å². The fraction of sp³-hybridized carbons (Fsp3) is 0.750. The number of nitrogens with zero attached hydrogens (tertiary/aromatic N) is 2. The van der Waals surface area contributed by atoms with Crippen LogP contribution in [0.4, 0.5) is 0 Å². The van der Waals surface area contributed by atoms with Gasteiger partial charge in [-0.3, -0.25) is 4.99 Å². The lowest BCUT2D eigenvalue weighted by molar-refractivity contribution is 0.472. The third-order valence-electron chi connectivity index (χ3n) is 4.29. The van der Waals surface area contributed by atoms with Gasteiger partial charge in [0.05, 0.1) is 17.7 Å². The zero-order chi connectivity index (χ0) is 14.9. The molecule has 1 saturated carbocycles. The number of aryl methyl sites for hydroxylation is 1. The first-order chi connectivity index (χ1) is 10.3. The van der Waals surface area contributed by atoms with Gasteiger partial charge in [0.2, 0.25) is 0 Å². The largest absolute Gasteiger partial charge is 0.356 e. The zero-order valence-corrected chi connectivity index (χ0v) is 16.9. The van der Waals surface area contributed by atoms with Crippen molar-refractivity contribution in [1.29, 1.82) is 0 Å². The first kappa shape index (κ1) is 19.7. The number of halogens is 1. The Morgan fingerprint density at radius 1 is 1.32 bits per heavy atom. The van der Waals surface area contributed by atoms with Gasteiger partial charge in [-0.2, -0.15) is 0 Å². The van der Waals surface area contributed by atoms with Crippen molar-refractivity contribution < 1.29 is 0 Å². The molecule has 0 spiro atoms. The van der Waals surface area contributed by atoms with Gasteiger partial charge in [-0.25, -0.2) is 4.98 Å². The summed E-state index contributed by atoms with van der Waals surface area (Å²) in [5, 5.41) is 6.75. The summed E-state index contributed by atoms with van der Waals surface area (Å²) in [6, 6.07) is 0. The minimum atomic E-state index is 0. The Morgan fingerprint density at radius 3 is 2.73 bits per heavy atom. The zero-order valence-electron chi connectivity index (χ0n) is 13.7. The van der Waals surface area contributed by atoms with Crippen molar-refractivity contribution in [3.63, 3.8) is 0 Å². The normalized spacial score (nSPS) is 15.6. The van der Waals surface area contributed by atoms with E-state index in [1.165, 1.54) is 49.8 Å². The standard InChI is InChI=1S/C16H28N4S.HI/c1-13-15(21-12-20-13)11-19-16(17-2)18-10-6-5-9-14-7-3-4-8-14;/h12,14H,3-11H2,1-2H3,(H2,17,18,19);1H. The highest BCUT2D eigenvalue weighted by molar-refractivity contribution is 14.0. The van der Waals surface area contributed by atoms with E-state index in [9.17, 15) is 0 Å². The molecule has 0 atom stereocenters. The summed E-state index contributed by atoms with van der Waals surface area (Å²) >= 11 is 1.69. The van der Waals surface area contributed by atoms with E-state index in [2.05, 4.69) is 20.6 Å². The maximum Gasteiger partial charge on any atom is 0.191 e. The van der Waals surface area contributed by atoms with E-state index < -0.39 is 0 Å². The summed E-state index contributed by atoms with van der Waals surface area (Å²) in [6.07, 6.45) is 9.82. The number of thiazole rings is 1. The lowest BCUT2D eigenvalue weighted by Crippen LogP contribution is -2.37. The molecule has 0 aromatic carbocycles. The number of unbranched alkanes of at least 4 members (excludes halogenated alkanes) is 1. The molecule has 1 heterocycles. The summed E-state index contributed by atoms with van der Waals surface area (Å²) in [5.74, 6) is 1.90. The molecule has 4 nitrogen and oxygen atoms in total. The molecule has 0 aliphatic heterocycles. The van der Waals surface area contributed by atoms with Gasteiger partial charge in [0.15, 0.2) is 5.96 Å². The summed E-state index contributed by atoms with van der Waals surface area (Å²) < 4.78 is 0. The Bertz CT molecular complexity index is 441. The predicted molar refractivity (Wildman–Crippen MR) is 106 cm³/mol. The van der Waals surface area contributed by atoms with E-state index in [1.807, 2.05) is 19.5 Å². The van der Waals surface area contributed by atoms with Crippen molar-refractivity contribution in [2.45, 2.75) is 58.4 Å². The molecule has 1 aromatic heterocycles. The summed E-state index contributed by atoms with van der Waals surface area (Å²) in [7, 11) is 1.83. The highest BCUT2D eigenvalue weighted by Gasteiger charge is 2.13. The van der Waals surface area contributed by atoms with Crippen LogP contribution in [0.2, 0.25) is 0 Å². The quantitative estimate of drug-likeness (QED) is 0.293. The molecular weight excluding hydrogens is 407 g/mol. The van der Waals surface area contributed by atoms with E-state index in [4.69, 9.17) is 0 Å². The molecule has 0 amide bonds. The number of nitrogens with one attached hydrogen (secondary N) is 2. The van der Waals surface area contributed by atoms with Gasteiger partial charge >= 0.3 is 0 Å². The Morgan fingerprint density at radius 2 is 2.09 bits per heavy atom. The molecule has 2 rings (SSSR count). The molecule has 2 N–H and O–H groups in total. The molecule has 0 saturated heterocycles. The van der Waals surface area contributed by atoms with Crippen molar-refractivity contribution in [3.8, 4) is 0 Å². The lowest BCUT2D eigenvalue weighted by Gasteiger charge is -2.12. The Hall–Kier alpha value is -0.370. The summed E-state index contributed by atoms with van der Waals surface area (Å²) in [6.45, 7) is 3.86. The fourth-order valence-corrected chi connectivity index (χ4v) is 3.66. The Labute approximate surface area is 155 Å². The third kappa shape index (κ3) is 6.81. The van der Waals surface area contributed by atoms with Crippen LogP contribution < -0.4 is 10.6 Å². The number of rotatable bonds is 7. The van der Waals surface area contributed by atoms with Crippen LogP contribution in [-0.2, 0) is 6.54 Å². The molecule has 1 aliphatic rings. The summed E-state index contributed by atoms with van der Waals surface area (Å²) in [4.78, 5) is 9.81. The first-order valence-corrected chi connectivity index (χ1v) is 9.01. The van der Waals surface area contributed by atoms with Crippen molar-refractivity contribution in [2.75, 3.05) is 13.6 Å². The Balaban J connectivity index is 0.00000242. The van der Waals surface area contributed by atoms with Gasteiger partial charge in [0, 0.05) is 18.5 Å². The van der Waals surface area contributed by atoms with Gasteiger partial charge in [0.25, 0.3) is 0 Å². The van der Waals surface area contributed by atoms with Gasteiger partial charge < -0.3 is 10.6 Å². The summed E-state index contributed by atoms with van der Waals surface area (Å²) in [5.41, 5.74) is 3.01. The van der Waals surface area contributed by atoms with Crippen LogP contribution in [0, 0.1) is 12.8 Å². The average molecular weight is 436 g/mol. The van der Waals surface area contributed by atoms with E-state index in [0.29, 0.717) is 0 Å².